The maximum Gasteiger partial charge on any atom is 0.304 e. The largest absolute Gasteiger partial charge is 0.481 e. The minimum absolute atomic E-state index is 0.0131. The standard InChI is InChI=1S/C15H23NO2/c1-10-5-6-12(15(2,3)4)7-11(10)8-13(16)9-14(17)18/h5-7,13H,8-9,16H2,1-4H3,(H,17,18). The van der Waals surface area contributed by atoms with Crippen LogP contribution in [0.3, 0.4) is 0 Å². The molecule has 0 bridgehead atoms. The lowest BCUT2D eigenvalue weighted by Crippen LogP contribution is -2.26. The van der Waals surface area contributed by atoms with Gasteiger partial charge >= 0.3 is 5.97 Å². The summed E-state index contributed by atoms with van der Waals surface area (Å²) in [6.07, 6.45) is 0.626. The van der Waals surface area contributed by atoms with E-state index in [0.29, 0.717) is 6.42 Å². The third-order valence-electron chi connectivity index (χ3n) is 3.13. The molecule has 1 rings (SSSR count). The average molecular weight is 249 g/mol. The Morgan fingerprint density at radius 1 is 1.39 bits per heavy atom. The van der Waals surface area contributed by atoms with E-state index in [-0.39, 0.29) is 17.9 Å². The molecule has 0 saturated carbocycles. The maximum absolute atomic E-state index is 10.6. The van der Waals surface area contributed by atoms with Gasteiger partial charge in [-0.05, 0) is 35.4 Å². The first-order chi connectivity index (χ1) is 8.20. The summed E-state index contributed by atoms with van der Waals surface area (Å²) in [6, 6.07) is 6.04. The second kappa shape index (κ2) is 5.53. The second-order valence-corrected chi connectivity index (χ2v) is 5.95. The van der Waals surface area contributed by atoms with E-state index < -0.39 is 5.97 Å². The van der Waals surface area contributed by atoms with Crippen LogP contribution >= 0.6 is 0 Å². The molecule has 0 aliphatic carbocycles. The Hall–Kier alpha value is -1.35. The zero-order valence-electron chi connectivity index (χ0n) is 11.7. The molecular weight excluding hydrogens is 226 g/mol. The summed E-state index contributed by atoms with van der Waals surface area (Å²) in [5, 5.41) is 8.74. The highest BCUT2D eigenvalue weighted by molar-refractivity contribution is 5.67. The lowest BCUT2D eigenvalue weighted by Gasteiger charge is -2.21. The summed E-state index contributed by atoms with van der Waals surface area (Å²) >= 11 is 0. The zero-order valence-corrected chi connectivity index (χ0v) is 11.7. The summed E-state index contributed by atoms with van der Waals surface area (Å²) in [5.41, 5.74) is 9.53. The molecule has 1 aromatic rings. The fourth-order valence-electron chi connectivity index (χ4n) is 1.94. The number of aliphatic carboxylic acids is 1. The molecule has 0 fully saturated rings. The Bertz CT molecular complexity index is 433. The highest BCUT2D eigenvalue weighted by atomic mass is 16.4. The van der Waals surface area contributed by atoms with Crippen LogP contribution in [0, 0.1) is 6.92 Å². The number of hydrogen-bond acceptors (Lipinski definition) is 2. The molecule has 0 spiro atoms. The van der Waals surface area contributed by atoms with Gasteiger partial charge in [0.05, 0.1) is 6.42 Å². The van der Waals surface area contributed by atoms with Crippen LogP contribution in [0.5, 0.6) is 0 Å². The van der Waals surface area contributed by atoms with Crippen molar-refractivity contribution in [3.05, 3.63) is 34.9 Å². The van der Waals surface area contributed by atoms with E-state index in [1.54, 1.807) is 0 Å². The fraction of sp³-hybridized carbons (Fsp3) is 0.533. The molecule has 0 aliphatic rings. The van der Waals surface area contributed by atoms with Crippen LogP contribution in [0.2, 0.25) is 0 Å². The molecule has 3 nitrogen and oxygen atoms in total. The van der Waals surface area contributed by atoms with E-state index >= 15 is 0 Å². The van der Waals surface area contributed by atoms with Crippen molar-refractivity contribution in [1.82, 2.24) is 0 Å². The topological polar surface area (TPSA) is 63.3 Å². The van der Waals surface area contributed by atoms with Gasteiger partial charge in [-0.1, -0.05) is 39.0 Å². The van der Waals surface area contributed by atoms with Gasteiger partial charge in [0.15, 0.2) is 0 Å². The van der Waals surface area contributed by atoms with Crippen LogP contribution in [-0.2, 0) is 16.6 Å². The summed E-state index contributed by atoms with van der Waals surface area (Å²) in [5.74, 6) is -0.841. The molecule has 0 heterocycles. The highest BCUT2D eigenvalue weighted by Crippen LogP contribution is 2.25. The van der Waals surface area contributed by atoms with Gasteiger partial charge < -0.3 is 10.8 Å². The number of hydrogen-bond donors (Lipinski definition) is 2. The van der Waals surface area contributed by atoms with Gasteiger partial charge in [0, 0.05) is 6.04 Å². The summed E-state index contributed by atoms with van der Waals surface area (Å²) in [7, 11) is 0. The van der Waals surface area contributed by atoms with E-state index in [2.05, 4.69) is 39.0 Å². The average Bonchev–Trinajstić information content (AvgIpc) is 2.18. The van der Waals surface area contributed by atoms with Gasteiger partial charge in [0.1, 0.15) is 0 Å². The molecular formula is C15H23NO2. The summed E-state index contributed by atoms with van der Waals surface area (Å²) < 4.78 is 0. The predicted octanol–water partition coefficient (Wildman–Crippen LogP) is 2.64. The Balaban J connectivity index is 2.91. The second-order valence-electron chi connectivity index (χ2n) is 5.95. The van der Waals surface area contributed by atoms with E-state index in [9.17, 15) is 4.79 Å². The molecule has 3 N–H and O–H groups in total. The SMILES string of the molecule is Cc1ccc(C(C)(C)C)cc1CC(N)CC(=O)O. The first-order valence-corrected chi connectivity index (χ1v) is 6.27. The van der Waals surface area contributed by atoms with E-state index in [0.717, 1.165) is 5.56 Å². The monoisotopic (exact) mass is 249 g/mol. The molecule has 0 amide bonds. The normalized spacial score (nSPS) is 13.4. The van der Waals surface area contributed by atoms with Crippen molar-refractivity contribution >= 4 is 5.97 Å². The number of nitrogens with two attached hydrogens (primary N) is 1. The Kier molecular flexibility index (Phi) is 4.52. The lowest BCUT2D eigenvalue weighted by atomic mass is 9.84. The van der Waals surface area contributed by atoms with Gasteiger partial charge in [0.25, 0.3) is 0 Å². The number of benzene rings is 1. The summed E-state index contributed by atoms with van der Waals surface area (Å²) in [4.78, 5) is 10.6. The minimum Gasteiger partial charge on any atom is -0.481 e. The van der Waals surface area contributed by atoms with Gasteiger partial charge in [-0.25, -0.2) is 0 Å². The molecule has 1 atom stereocenters. The fourth-order valence-corrected chi connectivity index (χ4v) is 1.94. The third-order valence-corrected chi connectivity index (χ3v) is 3.13. The van der Waals surface area contributed by atoms with Crippen molar-refractivity contribution in [1.29, 1.82) is 0 Å². The van der Waals surface area contributed by atoms with Crippen molar-refractivity contribution in [3.8, 4) is 0 Å². The number of carbonyl (C=O) groups is 1. The van der Waals surface area contributed by atoms with Gasteiger partial charge in [0.2, 0.25) is 0 Å². The van der Waals surface area contributed by atoms with Crippen LogP contribution in [0.4, 0.5) is 0 Å². The van der Waals surface area contributed by atoms with Gasteiger partial charge in [-0.2, -0.15) is 0 Å². The van der Waals surface area contributed by atoms with E-state index in [1.807, 2.05) is 6.92 Å². The number of aryl methyl sites for hydroxylation is 1. The first-order valence-electron chi connectivity index (χ1n) is 6.27. The van der Waals surface area contributed by atoms with Crippen LogP contribution < -0.4 is 5.73 Å². The van der Waals surface area contributed by atoms with Crippen molar-refractivity contribution in [3.63, 3.8) is 0 Å². The minimum atomic E-state index is -0.841. The zero-order chi connectivity index (χ0) is 13.9. The van der Waals surface area contributed by atoms with Gasteiger partial charge in [-0.3, -0.25) is 4.79 Å². The van der Waals surface area contributed by atoms with Crippen LogP contribution in [0.1, 0.15) is 43.9 Å². The van der Waals surface area contributed by atoms with Crippen molar-refractivity contribution in [2.45, 2.75) is 52.0 Å². The molecule has 0 radical (unpaired) electrons. The van der Waals surface area contributed by atoms with Crippen LogP contribution in [-0.4, -0.2) is 17.1 Å². The van der Waals surface area contributed by atoms with Crippen molar-refractivity contribution in [2.24, 2.45) is 5.73 Å². The summed E-state index contributed by atoms with van der Waals surface area (Å²) in [6.45, 7) is 8.53. The van der Waals surface area contributed by atoms with E-state index in [1.165, 1.54) is 11.1 Å². The first kappa shape index (κ1) is 14.7. The Labute approximate surface area is 109 Å². The van der Waals surface area contributed by atoms with Crippen LogP contribution in [0.25, 0.3) is 0 Å². The highest BCUT2D eigenvalue weighted by Gasteiger charge is 2.16. The molecule has 1 aromatic carbocycles. The van der Waals surface area contributed by atoms with E-state index in [4.69, 9.17) is 10.8 Å². The van der Waals surface area contributed by atoms with Gasteiger partial charge in [-0.15, -0.1) is 0 Å². The number of carboxylic acids is 1. The quantitative estimate of drug-likeness (QED) is 0.862. The molecule has 3 heteroatoms. The number of carboxylic acid groups (broad SMARTS) is 1. The molecule has 0 saturated heterocycles. The molecule has 0 aromatic heterocycles. The molecule has 100 valence electrons. The molecule has 0 aliphatic heterocycles. The Morgan fingerprint density at radius 2 is 2.00 bits per heavy atom. The van der Waals surface area contributed by atoms with Crippen LogP contribution in [0.15, 0.2) is 18.2 Å². The lowest BCUT2D eigenvalue weighted by molar-refractivity contribution is -0.137. The number of rotatable bonds is 4. The molecule has 18 heavy (non-hydrogen) atoms. The third kappa shape index (κ3) is 4.15. The van der Waals surface area contributed by atoms with Crippen molar-refractivity contribution in [2.75, 3.05) is 0 Å². The molecule has 1 unspecified atom stereocenters. The predicted molar refractivity (Wildman–Crippen MR) is 73.8 cm³/mol. The maximum atomic E-state index is 10.6. The smallest absolute Gasteiger partial charge is 0.304 e. The van der Waals surface area contributed by atoms with Crippen molar-refractivity contribution < 1.29 is 9.90 Å². The Morgan fingerprint density at radius 3 is 2.50 bits per heavy atom.